The van der Waals surface area contributed by atoms with E-state index >= 15 is 0 Å². The molecule has 0 amide bonds. The van der Waals surface area contributed by atoms with Crippen molar-refractivity contribution in [1.82, 2.24) is 4.57 Å². The predicted octanol–water partition coefficient (Wildman–Crippen LogP) is 4.11. The highest BCUT2D eigenvalue weighted by Gasteiger charge is 2.25. The first kappa shape index (κ1) is 14.2. The van der Waals surface area contributed by atoms with Crippen molar-refractivity contribution in [2.75, 3.05) is 13.1 Å². The maximum absolute atomic E-state index is 2.81. The molecule has 0 fully saturated rings. The number of hydrogen-bond acceptors (Lipinski definition) is 1. The van der Waals surface area contributed by atoms with E-state index in [1.54, 1.807) is 0 Å². The quantitative estimate of drug-likeness (QED) is 0.551. The molecule has 0 unspecified atom stereocenters. The number of hydrogen-bond donors (Lipinski definition) is 0. The minimum absolute atomic E-state index is 1.05. The monoisotopic (exact) mass is 215 g/mol. The third kappa shape index (κ3) is 5.16. The Morgan fingerprint density at radius 1 is 0.857 bits per heavy atom. The second-order valence-corrected chi connectivity index (χ2v) is 9.82. The second kappa shape index (κ2) is 7.47. The summed E-state index contributed by atoms with van der Waals surface area (Å²) in [5.41, 5.74) is 0. The molecule has 14 heavy (non-hydrogen) atoms. The molecule has 0 aromatic carbocycles. The lowest BCUT2D eigenvalue weighted by Gasteiger charge is -2.36. The third-order valence-corrected chi connectivity index (χ3v) is 7.17. The van der Waals surface area contributed by atoms with Gasteiger partial charge in [0.15, 0.2) is 0 Å². The molecular weight excluding hydrogens is 186 g/mol. The van der Waals surface area contributed by atoms with Gasteiger partial charge in [0.25, 0.3) is 0 Å². The highest BCUT2D eigenvalue weighted by atomic mass is 28.3. The van der Waals surface area contributed by atoms with Crippen molar-refractivity contribution in [1.29, 1.82) is 0 Å². The van der Waals surface area contributed by atoms with Gasteiger partial charge in [-0.3, -0.25) is 0 Å². The molecule has 0 aliphatic rings. The van der Waals surface area contributed by atoms with E-state index in [1.165, 1.54) is 44.8 Å². The van der Waals surface area contributed by atoms with Crippen LogP contribution in [0, 0.1) is 0 Å². The molecule has 86 valence electrons. The van der Waals surface area contributed by atoms with Gasteiger partial charge in [-0.1, -0.05) is 46.7 Å². The Balaban J connectivity index is 4.08. The van der Waals surface area contributed by atoms with Crippen molar-refractivity contribution in [3.63, 3.8) is 0 Å². The van der Waals surface area contributed by atoms with E-state index in [2.05, 4.69) is 38.4 Å². The van der Waals surface area contributed by atoms with Gasteiger partial charge in [-0.05, 0) is 32.0 Å². The summed E-state index contributed by atoms with van der Waals surface area (Å²) >= 11 is 0. The summed E-state index contributed by atoms with van der Waals surface area (Å²) in [7, 11) is -1.05. The highest BCUT2D eigenvalue weighted by molar-refractivity contribution is 6.74. The van der Waals surface area contributed by atoms with E-state index in [0.29, 0.717) is 0 Å². The van der Waals surface area contributed by atoms with Gasteiger partial charge >= 0.3 is 0 Å². The molecule has 0 aliphatic heterocycles. The number of unbranched alkanes of at least 4 members (excludes halogenated alkanes) is 2. The molecule has 0 aromatic rings. The first-order valence-electron chi connectivity index (χ1n) is 6.33. The molecule has 0 heterocycles. The van der Waals surface area contributed by atoms with Crippen molar-refractivity contribution in [2.24, 2.45) is 0 Å². The van der Waals surface area contributed by atoms with Crippen LogP contribution >= 0.6 is 0 Å². The largest absolute Gasteiger partial charge is 0.324 e. The van der Waals surface area contributed by atoms with E-state index in [-0.39, 0.29) is 0 Å². The second-order valence-electron chi connectivity index (χ2n) is 4.86. The van der Waals surface area contributed by atoms with Crippen LogP contribution in [0.5, 0.6) is 0 Å². The van der Waals surface area contributed by atoms with Gasteiger partial charge in [-0.2, -0.15) is 0 Å². The summed E-state index contributed by atoms with van der Waals surface area (Å²) < 4.78 is 2.81. The maximum Gasteiger partial charge on any atom is 0.121 e. The fraction of sp³-hybridized carbons (Fsp3) is 1.00. The molecule has 0 radical (unpaired) electrons. The molecule has 0 rings (SSSR count). The first-order valence-corrected chi connectivity index (χ1v) is 9.49. The van der Waals surface area contributed by atoms with Gasteiger partial charge in [0.2, 0.25) is 0 Å². The van der Waals surface area contributed by atoms with E-state index in [4.69, 9.17) is 0 Å². The predicted molar refractivity (Wildman–Crippen MR) is 69.4 cm³/mol. The molecule has 0 saturated heterocycles. The van der Waals surface area contributed by atoms with Crippen LogP contribution < -0.4 is 0 Å². The minimum atomic E-state index is -1.05. The Morgan fingerprint density at radius 3 is 1.57 bits per heavy atom. The fourth-order valence-electron chi connectivity index (χ4n) is 1.64. The van der Waals surface area contributed by atoms with Crippen LogP contribution in [0.25, 0.3) is 0 Å². The Hall–Kier alpha value is 0.177. The topological polar surface area (TPSA) is 3.24 Å². The summed E-state index contributed by atoms with van der Waals surface area (Å²) in [4.78, 5) is 0. The summed E-state index contributed by atoms with van der Waals surface area (Å²) in [6.07, 6.45) is 5.41. The lowest BCUT2D eigenvalue weighted by atomic mass is 10.3. The van der Waals surface area contributed by atoms with Gasteiger partial charge in [0.05, 0.1) is 0 Å². The van der Waals surface area contributed by atoms with Gasteiger partial charge in [0.1, 0.15) is 8.24 Å². The zero-order valence-electron chi connectivity index (χ0n) is 10.9. The average molecular weight is 215 g/mol. The van der Waals surface area contributed by atoms with Crippen LogP contribution in [0.15, 0.2) is 0 Å². The Morgan fingerprint density at radius 2 is 1.29 bits per heavy atom. The van der Waals surface area contributed by atoms with Gasteiger partial charge in [-0.15, -0.1) is 0 Å². The van der Waals surface area contributed by atoms with Crippen LogP contribution in [0.4, 0.5) is 0 Å². The summed E-state index contributed by atoms with van der Waals surface area (Å²) in [5, 5.41) is 0. The smallest absolute Gasteiger partial charge is 0.121 e. The summed E-state index contributed by atoms with van der Waals surface area (Å²) in [6.45, 7) is 14.6. The third-order valence-electron chi connectivity index (χ3n) is 3.28. The molecule has 1 nitrogen and oxygen atoms in total. The highest BCUT2D eigenvalue weighted by Crippen LogP contribution is 2.16. The van der Waals surface area contributed by atoms with Crippen LogP contribution in [0.3, 0.4) is 0 Å². The SMILES string of the molecule is CCCCN(CCCC)[Si](C)(C)CC. The van der Waals surface area contributed by atoms with Gasteiger partial charge < -0.3 is 4.57 Å². The molecule has 0 saturated carbocycles. The van der Waals surface area contributed by atoms with E-state index in [0.717, 1.165) is 0 Å². The Bertz CT molecular complexity index is 126. The zero-order valence-corrected chi connectivity index (χ0v) is 11.9. The molecule has 0 aromatic heterocycles. The van der Waals surface area contributed by atoms with Crippen LogP contribution in [-0.4, -0.2) is 25.9 Å². The lowest BCUT2D eigenvalue weighted by molar-refractivity contribution is 0.399. The van der Waals surface area contributed by atoms with Gasteiger partial charge in [0, 0.05) is 0 Å². The molecule has 2 heteroatoms. The van der Waals surface area contributed by atoms with Crippen molar-refractivity contribution in [3.05, 3.63) is 0 Å². The molecular formula is C12H29NSi. The zero-order chi connectivity index (χ0) is 11.0. The number of nitrogens with zero attached hydrogens (tertiary/aromatic N) is 1. The van der Waals surface area contributed by atoms with E-state index in [1.807, 2.05) is 0 Å². The molecule has 0 atom stereocenters. The van der Waals surface area contributed by atoms with Crippen molar-refractivity contribution < 1.29 is 0 Å². The Kier molecular flexibility index (Phi) is 7.56. The van der Waals surface area contributed by atoms with E-state index in [9.17, 15) is 0 Å². The summed E-state index contributed by atoms with van der Waals surface area (Å²) in [5.74, 6) is 0. The summed E-state index contributed by atoms with van der Waals surface area (Å²) in [6, 6.07) is 1.39. The molecule has 0 aliphatic carbocycles. The van der Waals surface area contributed by atoms with Crippen LogP contribution in [0.2, 0.25) is 19.1 Å². The Labute approximate surface area is 92.0 Å². The lowest BCUT2D eigenvalue weighted by Crippen LogP contribution is -2.48. The minimum Gasteiger partial charge on any atom is -0.324 e. The van der Waals surface area contributed by atoms with Crippen LogP contribution in [-0.2, 0) is 0 Å². The first-order chi connectivity index (χ1) is 6.58. The molecule has 0 spiro atoms. The van der Waals surface area contributed by atoms with E-state index < -0.39 is 8.24 Å². The van der Waals surface area contributed by atoms with Crippen molar-refractivity contribution in [2.45, 2.75) is 65.6 Å². The van der Waals surface area contributed by atoms with Crippen molar-refractivity contribution in [3.8, 4) is 0 Å². The van der Waals surface area contributed by atoms with Gasteiger partial charge in [-0.25, -0.2) is 0 Å². The average Bonchev–Trinajstić information content (AvgIpc) is 2.17. The van der Waals surface area contributed by atoms with Crippen LogP contribution in [0.1, 0.15) is 46.5 Å². The molecule has 0 N–H and O–H groups in total. The maximum atomic E-state index is 2.81. The fourth-order valence-corrected chi connectivity index (χ4v) is 3.61. The molecule has 0 bridgehead atoms. The number of rotatable bonds is 8. The van der Waals surface area contributed by atoms with Crippen molar-refractivity contribution >= 4 is 8.24 Å². The normalized spacial score (nSPS) is 12.4. The standard InChI is InChI=1S/C12H29NSi/c1-6-9-11-13(12-10-7-2)14(4,5)8-3/h6-12H2,1-5H3.